The van der Waals surface area contributed by atoms with Gasteiger partial charge < -0.3 is 15.0 Å². The highest BCUT2D eigenvalue weighted by molar-refractivity contribution is 5.79. The van der Waals surface area contributed by atoms with E-state index < -0.39 is 0 Å². The van der Waals surface area contributed by atoms with Crippen molar-refractivity contribution in [3.63, 3.8) is 0 Å². The number of ether oxygens (including phenoxy) is 1. The van der Waals surface area contributed by atoms with Gasteiger partial charge in [0, 0.05) is 24.7 Å². The summed E-state index contributed by atoms with van der Waals surface area (Å²) < 4.78 is 5.23. The zero-order valence-corrected chi connectivity index (χ0v) is 17.3. The van der Waals surface area contributed by atoms with E-state index in [4.69, 9.17) is 4.74 Å². The fourth-order valence-electron chi connectivity index (χ4n) is 4.92. The number of nitrogens with one attached hydrogen (secondary N) is 1. The largest absolute Gasteiger partial charge is 0.497 e. The summed E-state index contributed by atoms with van der Waals surface area (Å²) in [5.41, 5.74) is 2.43. The molecule has 3 atom stereocenters. The maximum absolute atomic E-state index is 13.3. The fraction of sp³-hybridized carbons (Fsp3) is 0.480. The van der Waals surface area contributed by atoms with Gasteiger partial charge in [0.1, 0.15) is 5.75 Å². The summed E-state index contributed by atoms with van der Waals surface area (Å²) in [6, 6.07) is 19.8. The first-order valence-corrected chi connectivity index (χ1v) is 11.0. The van der Waals surface area contributed by atoms with Crippen LogP contribution in [0.5, 0.6) is 5.75 Å². The third-order valence-corrected chi connectivity index (χ3v) is 6.41. The van der Waals surface area contributed by atoms with E-state index in [0.717, 1.165) is 37.1 Å². The highest BCUT2D eigenvalue weighted by Crippen LogP contribution is 2.28. The lowest BCUT2D eigenvalue weighted by molar-refractivity contribution is -0.133. The van der Waals surface area contributed by atoms with Crippen molar-refractivity contribution in [2.45, 2.75) is 63.1 Å². The quantitative estimate of drug-likeness (QED) is 0.837. The molecule has 0 saturated carbocycles. The Labute approximate surface area is 174 Å². The molecule has 29 heavy (non-hydrogen) atoms. The smallest absolute Gasteiger partial charge is 0.227 e. The predicted octanol–water partition coefficient (Wildman–Crippen LogP) is 3.98. The fourth-order valence-corrected chi connectivity index (χ4v) is 4.92. The first-order chi connectivity index (χ1) is 14.2. The summed E-state index contributed by atoms with van der Waals surface area (Å²) in [7, 11) is 1.67. The molecule has 0 bridgehead atoms. The van der Waals surface area contributed by atoms with E-state index in [1.165, 1.54) is 24.8 Å². The summed E-state index contributed by atoms with van der Waals surface area (Å²) in [4.78, 5) is 15.4. The van der Waals surface area contributed by atoms with Crippen molar-refractivity contribution in [3.05, 3.63) is 65.7 Å². The molecule has 0 aliphatic carbocycles. The summed E-state index contributed by atoms with van der Waals surface area (Å²) in [5, 5.41) is 3.86. The van der Waals surface area contributed by atoms with E-state index in [1.54, 1.807) is 7.11 Å². The molecular formula is C25H32N2O2. The monoisotopic (exact) mass is 392 g/mol. The van der Waals surface area contributed by atoms with E-state index in [2.05, 4.69) is 40.5 Å². The molecule has 2 aliphatic heterocycles. The lowest BCUT2D eigenvalue weighted by Crippen LogP contribution is -2.48. The Morgan fingerprint density at radius 2 is 1.83 bits per heavy atom. The minimum absolute atomic E-state index is 0.259. The van der Waals surface area contributed by atoms with Crippen LogP contribution in [0.4, 0.5) is 0 Å². The van der Waals surface area contributed by atoms with Gasteiger partial charge in [-0.1, -0.05) is 55.3 Å². The standard InChI is InChI=1S/C25H32N2O2/c1-29-22-13-11-20(12-14-22)17-25(28)27-15-7-3-6-10-23-24(27)18-21(26-23)16-19-8-4-2-5-9-19/h2,4-5,8-9,11-14,21,23-24,26H,3,6-7,10,15-18H2,1H3/t21-,23-,24+/m1/s1. The van der Waals surface area contributed by atoms with Crippen LogP contribution in [0.3, 0.4) is 0 Å². The van der Waals surface area contributed by atoms with Crippen LogP contribution in [0.25, 0.3) is 0 Å². The predicted molar refractivity (Wildman–Crippen MR) is 116 cm³/mol. The SMILES string of the molecule is COc1ccc(CC(=O)N2CCCCC[C@H]3N[C@H](Cc4ccccc4)C[C@@H]32)cc1. The highest BCUT2D eigenvalue weighted by atomic mass is 16.5. The zero-order chi connectivity index (χ0) is 20.1. The molecule has 4 heteroatoms. The van der Waals surface area contributed by atoms with Crippen molar-refractivity contribution in [2.75, 3.05) is 13.7 Å². The number of hydrogen-bond donors (Lipinski definition) is 1. The van der Waals surface area contributed by atoms with Crippen LogP contribution in [0.15, 0.2) is 54.6 Å². The lowest BCUT2D eigenvalue weighted by Gasteiger charge is -2.35. The van der Waals surface area contributed by atoms with E-state index >= 15 is 0 Å². The number of carbonyl (C=O) groups is 1. The number of carbonyl (C=O) groups excluding carboxylic acids is 1. The average Bonchev–Trinajstić information content (AvgIpc) is 3.11. The van der Waals surface area contributed by atoms with Crippen molar-refractivity contribution in [3.8, 4) is 5.75 Å². The van der Waals surface area contributed by atoms with Crippen LogP contribution in [0.2, 0.25) is 0 Å². The van der Waals surface area contributed by atoms with Gasteiger partial charge in [0.15, 0.2) is 0 Å². The number of methoxy groups -OCH3 is 1. The molecule has 0 unspecified atom stereocenters. The number of likely N-dealkylation sites (tertiary alicyclic amines) is 1. The van der Waals surface area contributed by atoms with Crippen molar-refractivity contribution < 1.29 is 9.53 Å². The van der Waals surface area contributed by atoms with Crippen LogP contribution >= 0.6 is 0 Å². The summed E-state index contributed by atoms with van der Waals surface area (Å²) in [5.74, 6) is 1.09. The molecule has 4 rings (SSSR count). The molecule has 4 nitrogen and oxygen atoms in total. The van der Waals surface area contributed by atoms with Gasteiger partial charge in [-0.15, -0.1) is 0 Å². The molecule has 154 valence electrons. The Hall–Kier alpha value is -2.33. The Bertz CT molecular complexity index is 790. The van der Waals surface area contributed by atoms with E-state index in [1.807, 2.05) is 24.3 Å². The Balaban J connectivity index is 1.45. The second-order valence-electron chi connectivity index (χ2n) is 8.42. The molecule has 2 heterocycles. The first kappa shape index (κ1) is 20.0. The minimum atomic E-state index is 0.259. The molecule has 0 spiro atoms. The number of nitrogens with zero attached hydrogens (tertiary/aromatic N) is 1. The van der Waals surface area contributed by atoms with Gasteiger partial charge in [0.05, 0.1) is 13.5 Å². The maximum atomic E-state index is 13.3. The third-order valence-electron chi connectivity index (χ3n) is 6.41. The topological polar surface area (TPSA) is 41.6 Å². The number of amides is 1. The van der Waals surface area contributed by atoms with Gasteiger partial charge >= 0.3 is 0 Å². The number of benzene rings is 2. The molecule has 1 amide bonds. The van der Waals surface area contributed by atoms with Gasteiger partial charge in [0.2, 0.25) is 5.91 Å². The second-order valence-corrected chi connectivity index (χ2v) is 8.42. The molecule has 2 aromatic rings. The molecule has 2 aliphatic rings. The van der Waals surface area contributed by atoms with Gasteiger partial charge in [-0.05, 0) is 48.9 Å². The third kappa shape index (κ3) is 4.99. The first-order valence-electron chi connectivity index (χ1n) is 11.0. The summed E-state index contributed by atoms with van der Waals surface area (Å²) in [6.45, 7) is 0.885. The van der Waals surface area contributed by atoms with Crippen molar-refractivity contribution in [2.24, 2.45) is 0 Å². The van der Waals surface area contributed by atoms with Crippen LogP contribution in [-0.2, 0) is 17.6 Å². The van der Waals surface area contributed by atoms with Crippen LogP contribution < -0.4 is 10.1 Å². The Kier molecular flexibility index (Phi) is 6.50. The lowest BCUT2D eigenvalue weighted by atomic mass is 9.95. The summed E-state index contributed by atoms with van der Waals surface area (Å²) >= 11 is 0. The molecule has 2 fully saturated rings. The summed E-state index contributed by atoms with van der Waals surface area (Å²) in [6.07, 6.45) is 7.30. The van der Waals surface area contributed by atoms with Gasteiger partial charge in [-0.25, -0.2) is 0 Å². The minimum Gasteiger partial charge on any atom is -0.497 e. The van der Waals surface area contributed by atoms with Crippen molar-refractivity contribution >= 4 is 5.91 Å². The number of fused-ring (bicyclic) bond motifs is 1. The Morgan fingerprint density at radius 3 is 2.59 bits per heavy atom. The van der Waals surface area contributed by atoms with Gasteiger partial charge in [-0.3, -0.25) is 4.79 Å². The Morgan fingerprint density at radius 1 is 1.03 bits per heavy atom. The van der Waals surface area contributed by atoms with Crippen LogP contribution in [-0.4, -0.2) is 42.6 Å². The highest BCUT2D eigenvalue weighted by Gasteiger charge is 2.39. The van der Waals surface area contributed by atoms with Crippen LogP contribution in [0.1, 0.15) is 43.2 Å². The normalized spacial score (nSPS) is 24.4. The molecule has 0 aromatic heterocycles. The van der Waals surface area contributed by atoms with E-state index in [9.17, 15) is 4.79 Å². The molecular weight excluding hydrogens is 360 g/mol. The molecule has 0 radical (unpaired) electrons. The number of hydrogen-bond acceptors (Lipinski definition) is 3. The zero-order valence-electron chi connectivity index (χ0n) is 17.3. The molecule has 2 saturated heterocycles. The number of rotatable bonds is 5. The maximum Gasteiger partial charge on any atom is 0.227 e. The molecule has 1 N–H and O–H groups in total. The average molecular weight is 393 g/mol. The van der Waals surface area contributed by atoms with E-state index in [0.29, 0.717) is 24.5 Å². The molecule has 2 aromatic carbocycles. The van der Waals surface area contributed by atoms with Gasteiger partial charge in [0.25, 0.3) is 0 Å². The van der Waals surface area contributed by atoms with E-state index in [-0.39, 0.29) is 5.91 Å². The van der Waals surface area contributed by atoms with Gasteiger partial charge in [-0.2, -0.15) is 0 Å². The second kappa shape index (κ2) is 9.45. The van der Waals surface area contributed by atoms with Crippen molar-refractivity contribution in [1.29, 1.82) is 0 Å². The van der Waals surface area contributed by atoms with Crippen LogP contribution in [0, 0.1) is 0 Å². The van der Waals surface area contributed by atoms with Crippen molar-refractivity contribution in [1.82, 2.24) is 10.2 Å².